The van der Waals surface area contributed by atoms with Crippen LogP contribution in [-0.2, 0) is 25.3 Å². The second kappa shape index (κ2) is 9.09. The van der Waals surface area contributed by atoms with Crippen molar-refractivity contribution in [3.05, 3.63) is 48.0 Å². The number of carbonyl (C=O) groups is 1. The van der Waals surface area contributed by atoms with Crippen molar-refractivity contribution in [1.82, 2.24) is 0 Å². The Morgan fingerprint density at radius 3 is 2.50 bits per heavy atom. The quantitative estimate of drug-likeness (QED) is 0.480. The maximum Gasteiger partial charge on any atom is 0.191 e. The summed E-state index contributed by atoms with van der Waals surface area (Å²) in [7, 11) is -1.74. The molecule has 0 amide bonds. The molecule has 0 saturated heterocycles. The first-order valence-corrected chi connectivity index (χ1v) is 12.3. The molecule has 0 fully saturated rings. The van der Waals surface area contributed by atoms with E-state index < -0.39 is 20.7 Å². The second-order valence-corrected chi connectivity index (χ2v) is 13.1. The monoisotopic (exact) mass is 376 g/mol. The van der Waals surface area contributed by atoms with Crippen LogP contribution >= 0.6 is 0 Å². The molecule has 1 aliphatic heterocycles. The topological polar surface area (TPSA) is 44.8 Å². The lowest BCUT2D eigenvalue weighted by Gasteiger charge is -2.36. The molecule has 1 aromatic rings. The molecule has 0 aliphatic carbocycles. The molecule has 26 heavy (non-hydrogen) atoms. The fourth-order valence-electron chi connectivity index (χ4n) is 2.43. The van der Waals surface area contributed by atoms with E-state index in [-0.39, 0.29) is 10.8 Å². The molecule has 0 spiro atoms. The van der Waals surface area contributed by atoms with E-state index in [1.54, 1.807) is 12.2 Å². The maximum atomic E-state index is 12.1. The predicted octanol–water partition coefficient (Wildman–Crippen LogP) is 4.86. The Balaban J connectivity index is 1.75. The molecule has 0 unspecified atom stereocenters. The summed E-state index contributed by atoms with van der Waals surface area (Å²) in [5.74, 6) is 0.0110. The first-order chi connectivity index (χ1) is 12.2. The third-order valence-corrected chi connectivity index (χ3v) is 9.71. The van der Waals surface area contributed by atoms with Crippen LogP contribution in [0.15, 0.2) is 42.5 Å². The van der Waals surface area contributed by atoms with Gasteiger partial charge in [-0.05, 0) is 48.7 Å². The summed E-state index contributed by atoms with van der Waals surface area (Å²) < 4.78 is 17.8. The molecule has 2 atom stereocenters. The van der Waals surface area contributed by atoms with Gasteiger partial charge >= 0.3 is 0 Å². The van der Waals surface area contributed by atoms with Crippen molar-refractivity contribution in [3.63, 3.8) is 0 Å². The summed E-state index contributed by atoms with van der Waals surface area (Å²) in [6.45, 7) is 12.3. The molecule has 5 heteroatoms. The molecular weight excluding hydrogens is 344 g/mol. The lowest BCUT2D eigenvalue weighted by molar-refractivity contribution is -0.167. The Kier molecular flexibility index (Phi) is 7.35. The number of ketones is 1. The van der Waals surface area contributed by atoms with Gasteiger partial charge in [-0.25, -0.2) is 0 Å². The van der Waals surface area contributed by atoms with E-state index in [0.717, 1.165) is 12.0 Å². The van der Waals surface area contributed by atoms with Crippen LogP contribution < -0.4 is 0 Å². The van der Waals surface area contributed by atoms with E-state index in [1.807, 2.05) is 30.3 Å². The first-order valence-electron chi connectivity index (χ1n) is 9.36. The van der Waals surface area contributed by atoms with Gasteiger partial charge in [0.2, 0.25) is 0 Å². The van der Waals surface area contributed by atoms with Gasteiger partial charge < -0.3 is 13.9 Å². The van der Waals surface area contributed by atoms with Gasteiger partial charge in [-0.3, -0.25) is 4.79 Å². The number of rotatable bonds is 8. The lowest BCUT2D eigenvalue weighted by atomic mass is 10.1. The minimum absolute atomic E-state index is 0.0110. The van der Waals surface area contributed by atoms with Crippen LogP contribution in [-0.4, -0.2) is 33.1 Å². The average molecular weight is 377 g/mol. The Morgan fingerprint density at radius 1 is 1.15 bits per heavy atom. The van der Waals surface area contributed by atoms with Crippen molar-refractivity contribution in [2.24, 2.45) is 0 Å². The summed E-state index contributed by atoms with van der Waals surface area (Å²) >= 11 is 0. The summed E-state index contributed by atoms with van der Waals surface area (Å²) in [5.41, 5.74) is 1.08. The van der Waals surface area contributed by atoms with Crippen LogP contribution in [0.5, 0.6) is 0 Å². The van der Waals surface area contributed by atoms with Crippen molar-refractivity contribution >= 4 is 14.1 Å². The molecular formula is C21H32O4Si. The molecule has 1 heterocycles. The van der Waals surface area contributed by atoms with Gasteiger partial charge in [-0.1, -0.05) is 51.1 Å². The first kappa shape index (κ1) is 21.0. The molecule has 1 aliphatic rings. The van der Waals surface area contributed by atoms with E-state index in [0.29, 0.717) is 19.6 Å². The standard InChI is InChI=1S/C21H32O4Si/c1-21(2,3)26(4,5)24-15-9-12-19-18(22)13-14-20(25-19)23-16-17-10-7-6-8-11-17/h6-8,10-11,13-14,19-20H,9,12,15-16H2,1-5H3/t19-,20+/m0/s1. The minimum atomic E-state index is -1.74. The molecule has 0 saturated carbocycles. The van der Waals surface area contributed by atoms with Gasteiger partial charge in [0.25, 0.3) is 0 Å². The largest absolute Gasteiger partial charge is 0.417 e. The van der Waals surface area contributed by atoms with E-state index in [2.05, 4.69) is 33.9 Å². The zero-order valence-corrected chi connectivity index (χ0v) is 17.7. The smallest absolute Gasteiger partial charge is 0.191 e. The highest BCUT2D eigenvalue weighted by atomic mass is 28.4. The van der Waals surface area contributed by atoms with Crippen LogP contribution in [0.3, 0.4) is 0 Å². The number of ether oxygens (including phenoxy) is 2. The Bertz CT molecular complexity index is 604. The number of carbonyl (C=O) groups excluding carboxylic acids is 1. The van der Waals surface area contributed by atoms with Gasteiger partial charge in [0.15, 0.2) is 20.4 Å². The fourth-order valence-corrected chi connectivity index (χ4v) is 3.51. The van der Waals surface area contributed by atoms with Crippen molar-refractivity contribution in [3.8, 4) is 0 Å². The van der Waals surface area contributed by atoms with Crippen molar-refractivity contribution in [1.29, 1.82) is 0 Å². The van der Waals surface area contributed by atoms with Crippen LogP contribution in [0.25, 0.3) is 0 Å². The van der Waals surface area contributed by atoms with Gasteiger partial charge in [0.05, 0.1) is 6.61 Å². The van der Waals surface area contributed by atoms with E-state index in [9.17, 15) is 4.79 Å². The molecule has 0 aromatic heterocycles. The number of benzene rings is 1. The minimum Gasteiger partial charge on any atom is -0.417 e. The Labute approximate surface area is 158 Å². The van der Waals surface area contributed by atoms with E-state index in [1.165, 1.54) is 0 Å². The SMILES string of the molecule is CC(C)(C)[Si](C)(C)OCCC[C@@H]1O[C@@H](OCc2ccccc2)C=CC1=O. The Morgan fingerprint density at radius 2 is 1.85 bits per heavy atom. The third kappa shape index (κ3) is 6.16. The summed E-state index contributed by atoms with van der Waals surface area (Å²) in [6.07, 6.45) is 3.82. The lowest BCUT2D eigenvalue weighted by Crippen LogP contribution is -2.41. The van der Waals surface area contributed by atoms with Crippen LogP contribution in [0, 0.1) is 0 Å². The van der Waals surface area contributed by atoms with Crippen molar-refractivity contribution in [2.75, 3.05) is 6.61 Å². The third-order valence-electron chi connectivity index (χ3n) is 5.17. The summed E-state index contributed by atoms with van der Waals surface area (Å²) in [4.78, 5) is 12.1. The molecule has 144 valence electrons. The van der Waals surface area contributed by atoms with E-state index in [4.69, 9.17) is 13.9 Å². The average Bonchev–Trinajstić information content (AvgIpc) is 2.59. The van der Waals surface area contributed by atoms with Crippen LogP contribution in [0.4, 0.5) is 0 Å². The van der Waals surface area contributed by atoms with Crippen LogP contribution in [0.2, 0.25) is 18.1 Å². The molecule has 2 rings (SSSR count). The molecule has 1 aromatic carbocycles. The summed E-state index contributed by atoms with van der Waals surface area (Å²) in [5, 5.41) is 0.198. The predicted molar refractivity (Wildman–Crippen MR) is 106 cm³/mol. The zero-order valence-electron chi connectivity index (χ0n) is 16.7. The number of hydrogen-bond donors (Lipinski definition) is 0. The maximum absolute atomic E-state index is 12.1. The van der Waals surface area contributed by atoms with E-state index >= 15 is 0 Å². The second-order valence-electron chi connectivity index (χ2n) is 8.30. The van der Waals surface area contributed by atoms with Crippen molar-refractivity contribution < 1.29 is 18.7 Å². The highest BCUT2D eigenvalue weighted by Gasteiger charge is 2.37. The molecule has 4 nitrogen and oxygen atoms in total. The van der Waals surface area contributed by atoms with Gasteiger partial charge in [-0.15, -0.1) is 0 Å². The molecule has 0 radical (unpaired) electrons. The molecule has 0 bridgehead atoms. The fraction of sp³-hybridized carbons (Fsp3) is 0.571. The van der Waals surface area contributed by atoms with Gasteiger partial charge in [0, 0.05) is 6.61 Å². The normalized spacial score (nSPS) is 21.2. The molecule has 0 N–H and O–H groups in total. The van der Waals surface area contributed by atoms with Gasteiger partial charge in [-0.2, -0.15) is 0 Å². The highest BCUT2D eigenvalue weighted by Crippen LogP contribution is 2.36. The zero-order chi connectivity index (χ0) is 19.2. The summed E-state index contributed by atoms with van der Waals surface area (Å²) in [6, 6.07) is 9.94. The van der Waals surface area contributed by atoms with Crippen LogP contribution in [0.1, 0.15) is 39.2 Å². The van der Waals surface area contributed by atoms with Gasteiger partial charge in [0.1, 0.15) is 6.10 Å². The Hall–Kier alpha value is -1.27. The highest BCUT2D eigenvalue weighted by molar-refractivity contribution is 6.74. The van der Waals surface area contributed by atoms with Crippen molar-refractivity contribution in [2.45, 2.75) is 70.7 Å². The number of hydrogen-bond acceptors (Lipinski definition) is 4.